The number of rotatable bonds is 5. The SMILES string of the molecule is CCC1(CC)CC(=O)N([C@@H]2CCCc3ccc(C(=O)N[C@@H]4c5ccccc5C[C@H]4O)cc32)C(=N)N1. The Morgan fingerprint density at radius 2 is 1.94 bits per heavy atom. The third-order valence-electron chi connectivity index (χ3n) is 8.23. The van der Waals surface area contributed by atoms with Gasteiger partial charge in [-0.3, -0.25) is 19.9 Å². The molecule has 1 heterocycles. The second-order valence-corrected chi connectivity index (χ2v) is 10.1. The van der Waals surface area contributed by atoms with Gasteiger partial charge in [-0.15, -0.1) is 0 Å². The molecule has 4 N–H and O–H groups in total. The van der Waals surface area contributed by atoms with Gasteiger partial charge in [-0.05, 0) is 66.5 Å². The van der Waals surface area contributed by atoms with Gasteiger partial charge in [0, 0.05) is 17.5 Å². The summed E-state index contributed by atoms with van der Waals surface area (Å²) in [7, 11) is 0. The second-order valence-electron chi connectivity index (χ2n) is 10.1. The summed E-state index contributed by atoms with van der Waals surface area (Å²) in [5, 5.41) is 25.6. The Morgan fingerprint density at radius 3 is 2.69 bits per heavy atom. The monoisotopic (exact) mass is 474 g/mol. The number of nitrogens with zero attached hydrogens (tertiary/aromatic N) is 1. The van der Waals surface area contributed by atoms with Crippen LogP contribution < -0.4 is 10.6 Å². The molecule has 5 rings (SSSR count). The van der Waals surface area contributed by atoms with Gasteiger partial charge in [-0.1, -0.05) is 44.2 Å². The van der Waals surface area contributed by atoms with E-state index in [1.54, 1.807) is 4.90 Å². The van der Waals surface area contributed by atoms with Crippen molar-refractivity contribution < 1.29 is 14.7 Å². The lowest BCUT2D eigenvalue weighted by molar-refractivity contribution is -0.133. The summed E-state index contributed by atoms with van der Waals surface area (Å²) in [6, 6.07) is 12.8. The Bertz CT molecular complexity index is 1150. The van der Waals surface area contributed by atoms with Gasteiger partial charge in [0.05, 0.1) is 24.6 Å². The zero-order chi connectivity index (χ0) is 24.7. The van der Waals surface area contributed by atoms with Crippen molar-refractivity contribution in [2.45, 2.75) is 82.5 Å². The lowest BCUT2D eigenvalue weighted by Crippen LogP contribution is -2.62. The van der Waals surface area contributed by atoms with E-state index in [0.29, 0.717) is 18.4 Å². The standard InChI is InChI=1S/C28H34N4O3/c1-3-28(4-2)16-24(34)32(27(29)31-28)22-11-7-9-17-12-13-19(14-21(17)22)26(35)30-25-20-10-6-5-8-18(20)15-23(25)33/h5-6,8,10,12-14,22-23,25,33H,3-4,7,9,11,15-16H2,1-2H3,(H2,29,31)(H,30,35)/t22-,23-,25-/m1/s1. The van der Waals surface area contributed by atoms with E-state index in [9.17, 15) is 14.7 Å². The topological polar surface area (TPSA) is 106 Å². The van der Waals surface area contributed by atoms with Crippen LogP contribution in [0.25, 0.3) is 0 Å². The van der Waals surface area contributed by atoms with Crippen LogP contribution in [-0.2, 0) is 17.6 Å². The minimum atomic E-state index is -0.656. The fourth-order valence-electron chi connectivity index (χ4n) is 6.02. The number of amides is 2. The lowest BCUT2D eigenvalue weighted by atomic mass is 9.82. The largest absolute Gasteiger partial charge is 0.390 e. The number of hydrogen-bond acceptors (Lipinski definition) is 4. The van der Waals surface area contributed by atoms with E-state index in [0.717, 1.165) is 54.4 Å². The van der Waals surface area contributed by atoms with Crippen LogP contribution in [0.15, 0.2) is 42.5 Å². The molecule has 2 aromatic rings. The van der Waals surface area contributed by atoms with Crippen molar-refractivity contribution in [3.05, 3.63) is 70.3 Å². The number of aliphatic hydroxyl groups is 1. The van der Waals surface area contributed by atoms with Gasteiger partial charge >= 0.3 is 0 Å². The predicted molar refractivity (Wildman–Crippen MR) is 134 cm³/mol. The van der Waals surface area contributed by atoms with E-state index in [1.807, 2.05) is 56.3 Å². The van der Waals surface area contributed by atoms with Gasteiger partial charge in [-0.25, -0.2) is 0 Å². The molecule has 0 unspecified atom stereocenters. The van der Waals surface area contributed by atoms with Crippen LogP contribution in [0.3, 0.4) is 0 Å². The van der Waals surface area contributed by atoms with Crippen LogP contribution in [0, 0.1) is 5.41 Å². The molecule has 0 radical (unpaired) electrons. The molecule has 7 nitrogen and oxygen atoms in total. The summed E-state index contributed by atoms with van der Waals surface area (Å²) < 4.78 is 0. The maximum Gasteiger partial charge on any atom is 0.251 e. The van der Waals surface area contributed by atoms with E-state index >= 15 is 0 Å². The maximum absolute atomic E-state index is 13.3. The van der Waals surface area contributed by atoms with Crippen LogP contribution in [0.2, 0.25) is 0 Å². The highest BCUT2D eigenvalue weighted by molar-refractivity contribution is 6.00. The van der Waals surface area contributed by atoms with Gasteiger partial charge in [0.15, 0.2) is 5.96 Å². The number of benzene rings is 2. The van der Waals surface area contributed by atoms with Gasteiger partial charge in [0.25, 0.3) is 5.91 Å². The molecule has 0 bridgehead atoms. The van der Waals surface area contributed by atoms with Gasteiger partial charge in [-0.2, -0.15) is 0 Å². The molecule has 3 aliphatic rings. The minimum absolute atomic E-state index is 0.0316. The number of aliphatic hydroxyl groups excluding tert-OH is 1. The summed E-state index contributed by atoms with van der Waals surface area (Å²) in [6.45, 7) is 4.10. The number of aryl methyl sites for hydroxylation is 1. The van der Waals surface area contributed by atoms with Crippen LogP contribution in [0.5, 0.6) is 0 Å². The molecular formula is C28H34N4O3. The van der Waals surface area contributed by atoms with Crippen molar-refractivity contribution in [3.63, 3.8) is 0 Å². The molecule has 7 heteroatoms. The van der Waals surface area contributed by atoms with Crippen molar-refractivity contribution in [3.8, 4) is 0 Å². The third kappa shape index (κ3) is 4.12. The molecule has 1 aliphatic heterocycles. The van der Waals surface area contributed by atoms with Crippen LogP contribution in [0.1, 0.15) is 90.6 Å². The molecule has 2 aliphatic carbocycles. The first-order valence-electron chi connectivity index (χ1n) is 12.7. The molecule has 0 spiro atoms. The Labute approximate surface area is 206 Å². The van der Waals surface area contributed by atoms with Crippen LogP contribution in [-0.4, -0.2) is 39.4 Å². The highest BCUT2D eigenvalue weighted by atomic mass is 16.3. The molecule has 2 aromatic carbocycles. The Morgan fingerprint density at radius 1 is 1.17 bits per heavy atom. The molecule has 0 aromatic heterocycles. The Balaban J connectivity index is 1.40. The van der Waals surface area contributed by atoms with Gasteiger partial charge < -0.3 is 15.7 Å². The van der Waals surface area contributed by atoms with Crippen molar-refractivity contribution in [1.29, 1.82) is 5.41 Å². The molecule has 1 saturated heterocycles. The predicted octanol–water partition coefficient (Wildman–Crippen LogP) is 3.77. The first kappa shape index (κ1) is 23.5. The molecular weight excluding hydrogens is 440 g/mol. The zero-order valence-electron chi connectivity index (χ0n) is 20.4. The van der Waals surface area contributed by atoms with Crippen molar-refractivity contribution in [2.75, 3.05) is 0 Å². The number of guanidine groups is 1. The molecule has 35 heavy (non-hydrogen) atoms. The summed E-state index contributed by atoms with van der Waals surface area (Å²) >= 11 is 0. The van der Waals surface area contributed by atoms with E-state index < -0.39 is 12.1 Å². The van der Waals surface area contributed by atoms with Gasteiger partial charge in [0.2, 0.25) is 5.91 Å². The van der Waals surface area contributed by atoms with Crippen molar-refractivity contribution in [1.82, 2.24) is 15.5 Å². The average Bonchev–Trinajstić information content (AvgIpc) is 3.18. The lowest BCUT2D eigenvalue weighted by Gasteiger charge is -2.46. The summed E-state index contributed by atoms with van der Waals surface area (Å²) in [5.41, 5.74) is 4.22. The maximum atomic E-state index is 13.3. The fraction of sp³-hybridized carbons (Fsp3) is 0.464. The molecule has 0 saturated carbocycles. The van der Waals surface area contributed by atoms with E-state index in [4.69, 9.17) is 5.41 Å². The summed E-state index contributed by atoms with van der Waals surface area (Å²) in [4.78, 5) is 28.1. The molecule has 184 valence electrons. The van der Waals surface area contributed by atoms with E-state index in [1.165, 1.54) is 0 Å². The van der Waals surface area contributed by atoms with E-state index in [2.05, 4.69) is 10.6 Å². The quantitative estimate of drug-likeness (QED) is 0.529. The van der Waals surface area contributed by atoms with Crippen molar-refractivity contribution in [2.24, 2.45) is 0 Å². The number of carbonyl (C=O) groups is 2. The molecule has 1 fully saturated rings. The zero-order valence-corrected chi connectivity index (χ0v) is 20.4. The smallest absolute Gasteiger partial charge is 0.251 e. The number of fused-ring (bicyclic) bond motifs is 2. The first-order chi connectivity index (χ1) is 16.9. The van der Waals surface area contributed by atoms with Crippen LogP contribution in [0.4, 0.5) is 0 Å². The molecule has 2 amide bonds. The summed E-state index contributed by atoms with van der Waals surface area (Å²) in [6.07, 6.45) is 4.38. The van der Waals surface area contributed by atoms with Gasteiger partial charge in [0.1, 0.15) is 0 Å². The third-order valence-corrected chi connectivity index (χ3v) is 8.23. The second kappa shape index (κ2) is 9.11. The number of hydrogen-bond donors (Lipinski definition) is 4. The fourth-order valence-corrected chi connectivity index (χ4v) is 6.02. The molecule has 3 atom stereocenters. The minimum Gasteiger partial charge on any atom is -0.390 e. The Kier molecular flexibility index (Phi) is 6.13. The highest BCUT2D eigenvalue weighted by Gasteiger charge is 2.43. The highest BCUT2D eigenvalue weighted by Crippen LogP contribution is 2.38. The summed E-state index contributed by atoms with van der Waals surface area (Å²) in [5.74, 6) is -0.119. The Hall–Kier alpha value is -3.19. The number of carbonyl (C=O) groups excluding carboxylic acids is 2. The average molecular weight is 475 g/mol. The number of nitrogens with one attached hydrogen (secondary N) is 3. The van der Waals surface area contributed by atoms with Crippen molar-refractivity contribution >= 4 is 17.8 Å². The van der Waals surface area contributed by atoms with E-state index in [-0.39, 0.29) is 29.4 Å². The first-order valence-corrected chi connectivity index (χ1v) is 12.7. The normalized spacial score (nSPS) is 25.0. The van der Waals surface area contributed by atoms with Crippen LogP contribution >= 0.6 is 0 Å².